The number of hydrogen-bond acceptors (Lipinski definition) is 5. The number of amides is 1. The van der Waals surface area contributed by atoms with Gasteiger partial charge in [0.25, 0.3) is 10.0 Å². The Balaban J connectivity index is 1.74. The molecule has 0 spiro atoms. The molecule has 1 aromatic heterocycles. The summed E-state index contributed by atoms with van der Waals surface area (Å²) < 4.78 is 34.7. The van der Waals surface area contributed by atoms with Gasteiger partial charge in [0.1, 0.15) is 0 Å². The smallest absolute Gasteiger partial charge is 0.421 e. The standard InChI is InChI=1S/C30H33N3O4S/c1-5-7-13-27-29(24-11-9-8-10-12-24)22(4)33(31-27)25-17-15-23(16-18-25)26-20-21(3)14-19-28(26)38(35,36)32-30(34)37-6-2/h8-12,14-20H,5-7,13H2,1-4H3,(H,32,34). The summed E-state index contributed by atoms with van der Waals surface area (Å²) in [5, 5.41) is 4.98. The van der Waals surface area contributed by atoms with Gasteiger partial charge < -0.3 is 4.74 Å². The van der Waals surface area contributed by atoms with Gasteiger partial charge in [-0.1, -0.05) is 73.5 Å². The van der Waals surface area contributed by atoms with Gasteiger partial charge in [-0.3, -0.25) is 0 Å². The van der Waals surface area contributed by atoms with Crippen molar-refractivity contribution in [2.24, 2.45) is 0 Å². The molecule has 8 heteroatoms. The number of carbonyl (C=O) groups is 1. The van der Waals surface area contributed by atoms with Crippen molar-refractivity contribution < 1.29 is 17.9 Å². The third-order valence-electron chi connectivity index (χ3n) is 6.36. The van der Waals surface area contributed by atoms with Gasteiger partial charge in [-0.15, -0.1) is 0 Å². The minimum atomic E-state index is -4.13. The van der Waals surface area contributed by atoms with Gasteiger partial charge >= 0.3 is 6.09 Å². The lowest BCUT2D eigenvalue weighted by Gasteiger charge is -2.13. The molecule has 4 rings (SSSR count). The predicted octanol–water partition coefficient (Wildman–Crippen LogP) is 6.60. The van der Waals surface area contributed by atoms with E-state index in [0.29, 0.717) is 11.1 Å². The van der Waals surface area contributed by atoms with Crippen molar-refractivity contribution in [1.82, 2.24) is 14.5 Å². The summed E-state index contributed by atoms with van der Waals surface area (Å²) >= 11 is 0. The fourth-order valence-corrected chi connectivity index (χ4v) is 5.62. The second-order valence-corrected chi connectivity index (χ2v) is 10.8. The van der Waals surface area contributed by atoms with Gasteiger partial charge in [-0.2, -0.15) is 5.10 Å². The van der Waals surface area contributed by atoms with Crippen LogP contribution in [0.25, 0.3) is 27.9 Å². The van der Waals surface area contributed by atoms with Gasteiger partial charge in [0, 0.05) is 16.8 Å². The van der Waals surface area contributed by atoms with E-state index in [1.54, 1.807) is 19.1 Å². The molecule has 0 fully saturated rings. The fourth-order valence-electron chi connectivity index (χ4n) is 4.52. The number of carbonyl (C=O) groups excluding carboxylic acids is 1. The highest BCUT2D eigenvalue weighted by Crippen LogP contribution is 2.32. The number of hydrogen-bond donors (Lipinski definition) is 1. The number of ether oxygens (including phenoxy) is 1. The average molecular weight is 532 g/mol. The Labute approximate surface area is 224 Å². The van der Waals surface area contributed by atoms with Gasteiger partial charge in [-0.25, -0.2) is 22.6 Å². The molecule has 0 aliphatic carbocycles. The summed E-state index contributed by atoms with van der Waals surface area (Å²) in [6.45, 7) is 7.82. The molecule has 4 aromatic rings. The highest BCUT2D eigenvalue weighted by atomic mass is 32.2. The molecule has 38 heavy (non-hydrogen) atoms. The number of aryl methyl sites for hydroxylation is 2. The molecule has 1 heterocycles. The maximum atomic E-state index is 13.0. The molecule has 0 saturated carbocycles. The van der Waals surface area contributed by atoms with Crippen molar-refractivity contribution in [3.63, 3.8) is 0 Å². The number of unbranched alkanes of at least 4 members (excludes halogenated alkanes) is 1. The van der Waals surface area contributed by atoms with E-state index in [0.717, 1.165) is 53.0 Å². The van der Waals surface area contributed by atoms with Crippen molar-refractivity contribution >= 4 is 16.1 Å². The number of rotatable bonds is 9. The molecular weight excluding hydrogens is 498 g/mol. The number of aromatic nitrogens is 2. The summed E-state index contributed by atoms with van der Waals surface area (Å²) in [6, 6.07) is 22.9. The summed E-state index contributed by atoms with van der Waals surface area (Å²) in [6.07, 6.45) is 2.03. The zero-order chi connectivity index (χ0) is 27.3. The number of nitrogens with one attached hydrogen (secondary N) is 1. The normalized spacial score (nSPS) is 11.4. The summed E-state index contributed by atoms with van der Waals surface area (Å²) in [5.41, 5.74) is 7.40. The lowest BCUT2D eigenvalue weighted by atomic mass is 10.0. The molecule has 0 unspecified atom stereocenters. The van der Waals surface area contributed by atoms with E-state index in [1.165, 1.54) is 6.07 Å². The van der Waals surface area contributed by atoms with Crippen LogP contribution in [0.3, 0.4) is 0 Å². The van der Waals surface area contributed by atoms with E-state index in [4.69, 9.17) is 9.84 Å². The molecule has 198 valence electrons. The predicted molar refractivity (Wildman–Crippen MR) is 150 cm³/mol. The van der Waals surface area contributed by atoms with Crippen LogP contribution in [-0.4, -0.2) is 30.9 Å². The topological polar surface area (TPSA) is 90.3 Å². The Kier molecular flexibility index (Phi) is 8.32. The Hall–Kier alpha value is -3.91. The highest BCUT2D eigenvalue weighted by Gasteiger charge is 2.23. The molecule has 0 saturated heterocycles. The third-order valence-corrected chi connectivity index (χ3v) is 7.73. The first-order valence-corrected chi connectivity index (χ1v) is 14.3. The molecule has 0 atom stereocenters. The van der Waals surface area contributed by atoms with Crippen LogP contribution >= 0.6 is 0 Å². The first kappa shape index (κ1) is 27.1. The van der Waals surface area contributed by atoms with Crippen LogP contribution in [0, 0.1) is 13.8 Å². The lowest BCUT2D eigenvalue weighted by Crippen LogP contribution is -2.31. The molecule has 7 nitrogen and oxygen atoms in total. The second-order valence-electron chi connectivity index (χ2n) is 9.16. The van der Waals surface area contributed by atoms with E-state index in [-0.39, 0.29) is 11.5 Å². The quantitative estimate of drug-likeness (QED) is 0.263. The first-order valence-electron chi connectivity index (χ1n) is 12.8. The third kappa shape index (κ3) is 5.81. The van der Waals surface area contributed by atoms with Crippen LogP contribution < -0.4 is 4.72 Å². The Morgan fingerprint density at radius 2 is 1.66 bits per heavy atom. The van der Waals surface area contributed by atoms with Crippen LogP contribution in [0.15, 0.2) is 77.7 Å². The summed E-state index contributed by atoms with van der Waals surface area (Å²) in [5.74, 6) is 0. The molecule has 3 aromatic carbocycles. The lowest BCUT2D eigenvalue weighted by molar-refractivity contribution is 0.158. The van der Waals surface area contributed by atoms with Crippen LogP contribution in [0.4, 0.5) is 4.79 Å². The zero-order valence-corrected chi connectivity index (χ0v) is 23.0. The molecular formula is C30H33N3O4S. The summed E-state index contributed by atoms with van der Waals surface area (Å²) in [4.78, 5) is 11.9. The number of sulfonamides is 1. The van der Waals surface area contributed by atoms with Crippen LogP contribution in [0.2, 0.25) is 0 Å². The largest absolute Gasteiger partial charge is 0.449 e. The highest BCUT2D eigenvalue weighted by molar-refractivity contribution is 7.90. The van der Waals surface area contributed by atoms with E-state index in [1.807, 2.05) is 58.8 Å². The Morgan fingerprint density at radius 3 is 2.32 bits per heavy atom. The first-order chi connectivity index (χ1) is 18.2. The maximum absolute atomic E-state index is 13.0. The minimum absolute atomic E-state index is 0.00684. The van der Waals surface area contributed by atoms with Crippen LogP contribution in [-0.2, 0) is 21.2 Å². The second kappa shape index (κ2) is 11.6. The molecule has 1 amide bonds. The Morgan fingerprint density at radius 1 is 0.947 bits per heavy atom. The number of benzene rings is 3. The van der Waals surface area contributed by atoms with Crippen LogP contribution in [0.5, 0.6) is 0 Å². The van der Waals surface area contributed by atoms with Crippen molar-refractivity contribution in [1.29, 1.82) is 0 Å². The van der Waals surface area contributed by atoms with Gasteiger partial charge in [0.05, 0.1) is 22.9 Å². The van der Waals surface area contributed by atoms with Crippen molar-refractivity contribution in [3.8, 4) is 27.9 Å². The molecule has 0 aliphatic rings. The molecule has 0 radical (unpaired) electrons. The monoisotopic (exact) mass is 531 g/mol. The maximum Gasteiger partial charge on any atom is 0.421 e. The zero-order valence-electron chi connectivity index (χ0n) is 22.2. The summed E-state index contributed by atoms with van der Waals surface area (Å²) in [7, 11) is -4.13. The fraction of sp³-hybridized carbons (Fsp3) is 0.267. The Bertz CT molecular complexity index is 1530. The molecule has 0 bridgehead atoms. The molecule has 1 N–H and O–H groups in total. The van der Waals surface area contributed by atoms with Crippen molar-refractivity contribution in [2.45, 2.75) is 51.9 Å². The van der Waals surface area contributed by atoms with Gasteiger partial charge in [0.2, 0.25) is 0 Å². The SMILES string of the molecule is CCCCc1nn(-c2ccc(-c3cc(C)ccc3S(=O)(=O)NC(=O)OCC)cc2)c(C)c1-c1ccccc1. The van der Waals surface area contributed by atoms with Gasteiger partial charge in [-0.05, 0) is 62.9 Å². The minimum Gasteiger partial charge on any atom is -0.449 e. The average Bonchev–Trinajstić information content (AvgIpc) is 3.23. The van der Waals surface area contributed by atoms with Crippen molar-refractivity contribution in [3.05, 3.63) is 89.7 Å². The van der Waals surface area contributed by atoms with E-state index >= 15 is 0 Å². The van der Waals surface area contributed by atoms with E-state index in [2.05, 4.69) is 26.0 Å². The van der Waals surface area contributed by atoms with Crippen LogP contribution in [0.1, 0.15) is 43.6 Å². The number of nitrogens with zero attached hydrogens (tertiary/aromatic N) is 2. The molecule has 0 aliphatic heterocycles. The van der Waals surface area contributed by atoms with E-state index < -0.39 is 16.1 Å². The van der Waals surface area contributed by atoms with E-state index in [9.17, 15) is 13.2 Å². The van der Waals surface area contributed by atoms with Crippen molar-refractivity contribution in [2.75, 3.05) is 6.61 Å². The van der Waals surface area contributed by atoms with Gasteiger partial charge in [0.15, 0.2) is 0 Å².